The van der Waals surface area contributed by atoms with Gasteiger partial charge in [-0.15, -0.1) is 0 Å². The fourth-order valence-electron chi connectivity index (χ4n) is 2.40. The molecule has 1 atom stereocenters. The zero-order chi connectivity index (χ0) is 12.3. The third kappa shape index (κ3) is 2.87. The van der Waals surface area contributed by atoms with Gasteiger partial charge in [0.15, 0.2) is 0 Å². The molecule has 1 aromatic rings. The molecule has 17 heavy (non-hydrogen) atoms. The van der Waals surface area contributed by atoms with Crippen LogP contribution in [0.2, 0.25) is 0 Å². The summed E-state index contributed by atoms with van der Waals surface area (Å²) < 4.78 is 7.77. The van der Waals surface area contributed by atoms with E-state index in [9.17, 15) is 0 Å². The lowest BCUT2D eigenvalue weighted by Gasteiger charge is -2.11. The summed E-state index contributed by atoms with van der Waals surface area (Å²) >= 11 is 0. The van der Waals surface area contributed by atoms with Gasteiger partial charge in [0.25, 0.3) is 0 Å². The number of ether oxygens (including phenoxy) is 1. The Labute approximate surface area is 103 Å². The molecule has 0 amide bonds. The van der Waals surface area contributed by atoms with Crippen LogP contribution < -0.4 is 5.32 Å². The first-order valence-corrected chi connectivity index (χ1v) is 6.57. The summed E-state index contributed by atoms with van der Waals surface area (Å²) in [6.45, 7) is 10.1. The van der Waals surface area contributed by atoms with Gasteiger partial charge in [0.05, 0.1) is 18.3 Å². The zero-order valence-corrected chi connectivity index (χ0v) is 11.1. The summed E-state index contributed by atoms with van der Waals surface area (Å²) in [6, 6.07) is 0. The van der Waals surface area contributed by atoms with E-state index >= 15 is 0 Å². The number of nitrogens with zero attached hydrogens (tertiary/aromatic N) is 2. The fourth-order valence-corrected chi connectivity index (χ4v) is 2.40. The Morgan fingerprint density at radius 1 is 1.47 bits per heavy atom. The minimum atomic E-state index is 0.361. The van der Waals surface area contributed by atoms with E-state index in [-0.39, 0.29) is 0 Å². The number of aromatic nitrogens is 2. The Kier molecular flexibility index (Phi) is 4.18. The maximum atomic E-state index is 5.67. The first-order valence-electron chi connectivity index (χ1n) is 6.57. The number of hydrogen-bond acceptors (Lipinski definition) is 3. The van der Waals surface area contributed by atoms with Crippen molar-refractivity contribution >= 4 is 0 Å². The molecular formula is C13H23N3O. The van der Waals surface area contributed by atoms with Crippen molar-refractivity contribution in [3.8, 4) is 0 Å². The Bertz CT molecular complexity index is 367. The second-order valence-electron chi connectivity index (χ2n) is 4.75. The molecule has 96 valence electrons. The lowest BCUT2D eigenvalue weighted by Crippen LogP contribution is -2.17. The summed E-state index contributed by atoms with van der Waals surface area (Å²) in [4.78, 5) is 0. The van der Waals surface area contributed by atoms with Crippen molar-refractivity contribution in [1.29, 1.82) is 0 Å². The highest BCUT2D eigenvalue weighted by molar-refractivity contribution is 5.24. The molecule has 0 radical (unpaired) electrons. The van der Waals surface area contributed by atoms with E-state index in [1.807, 2.05) is 0 Å². The second kappa shape index (κ2) is 5.65. The van der Waals surface area contributed by atoms with Crippen molar-refractivity contribution < 1.29 is 4.74 Å². The molecular weight excluding hydrogens is 214 g/mol. The predicted octanol–water partition coefficient (Wildman–Crippen LogP) is 1.79. The minimum Gasteiger partial charge on any atom is -0.376 e. The van der Waals surface area contributed by atoms with Crippen LogP contribution in [0.1, 0.15) is 36.7 Å². The molecule has 2 heterocycles. The molecule has 1 aliphatic rings. The molecule has 1 saturated heterocycles. The van der Waals surface area contributed by atoms with E-state index in [2.05, 4.69) is 35.9 Å². The third-order valence-corrected chi connectivity index (χ3v) is 3.48. The van der Waals surface area contributed by atoms with E-state index in [0.29, 0.717) is 6.10 Å². The summed E-state index contributed by atoms with van der Waals surface area (Å²) in [6.07, 6.45) is 2.72. The van der Waals surface area contributed by atoms with Crippen LogP contribution in [0.5, 0.6) is 0 Å². The van der Waals surface area contributed by atoms with Crippen LogP contribution >= 0.6 is 0 Å². The Hall–Kier alpha value is -0.870. The van der Waals surface area contributed by atoms with Crippen molar-refractivity contribution in [2.75, 3.05) is 13.2 Å². The van der Waals surface area contributed by atoms with Crippen molar-refractivity contribution in [1.82, 2.24) is 15.1 Å². The maximum Gasteiger partial charge on any atom is 0.0771 e. The fraction of sp³-hybridized carbons (Fsp3) is 0.769. The molecule has 1 N–H and O–H groups in total. The van der Waals surface area contributed by atoms with Gasteiger partial charge >= 0.3 is 0 Å². The van der Waals surface area contributed by atoms with E-state index in [0.717, 1.165) is 31.9 Å². The van der Waals surface area contributed by atoms with Crippen LogP contribution in [0.4, 0.5) is 0 Å². The molecule has 1 aliphatic heterocycles. The van der Waals surface area contributed by atoms with E-state index < -0.39 is 0 Å². The van der Waals surface area contributed by atoms with Crippen LogP contribution in [-0.4, -0.2) is 29.0 Å². The van der Waals surface area contributed by atoms with Crippen molar-refractivity contribution in [2.24, 2.45) is 0 Å². The molecule has 1 unspecified atom stereocenters. The second-order valence-corrected chi connectivity index (χ2v) is 4.75. The molecule has 0 saturated carbocycles. The van der Waals surface area contributed by atoms with Gasteiger partial charge in [0, 0.05) is 24.4 Å². The summed E-state index contributed by atoms with van der Waals surface area (Å²) in [7, 11) is 0. The summed E-state index contributed by atoms with van der Waals surface area (Å²) in [5.41, 5.74) is 3.75. The smallest absolute Gasteiger partial charge is 0.0771 e. The quantitative estimate of drug-likeness (QED) is 0.848. The summed E-state index contributed by atoms with van der Waals surface area (Å²) in [5.74, 6) is 0. The molecule has 0 bridgehead atoms. The van der Waals surface area contributed by atoms with Gasteiger partial charge in [-0.25, -0.2) is 0 Å². The minimum absolute atomic E-state index is 0.361. The first kappa shape index (κ1) is 12.6. The third-order valence-electron chi connectivity index (χ3n) is 3.48. The normalized spacial score (nSPS) is 20.1. The Balaban J connectivity index is 2.06. The Morgan fingerprint density at radius 2 is 2.29 bits per heavy atom. The molecule has 1 aromatic heterocycles. The Morgan fingerprint density at radius 3 is 2.94 bits per heavy atom. The van der Waals surface area contributed by atoms with Gasteiger partial charge in [-0.1, -0.05) is 6.92 Å². The highest BCUT2D eigenvalue weighted by Crippen LogP contribution is 2.18. The average Bonchev–Trinajstić information content (AvgIpc) is 2.89. The van der Waals surface area contributed by atoms with Gasteiger partial charge in [0.1, 0.15) is 0 Å². The topological polar surface area (TPSA) is 39.1 Å². The van der Waals surface area contributed by atoms with E-state index in [4.69, 9.17) is 4.74 Å². The largest absolute Gasteiger partial charge is 0.376 e. The van der Waals surface area contributed by atoms with Gasteiger partial charge < -0.3 is 10.1 Å². The van der Waals surface area contributed by atoms with Gasteiger partial charge in [-0.3, -0.25) is 4.68 Å². The van der Waals surface area contributed by atoms with Crippen LogP contribution in [0, 0.1) is 13.8 Å². The summed E-state index contributed by atoms with van der Waals surface area (Å²) in [5, 5.41) is 7.99. The number of aryl methyl sites for hydroxylation is 1. The van der Waals surface area contributed by atoms with Crippen LogP contribution in [0.3, 0.4) is 0 Å². The average molecular weight is 237 g/mol. The number of hydrogen-bond donors (Lipinski definition) is 1. The molecule has 4 nitrogen and oxygen atoms in total. The van der Waals surface area contributed by atoms with Crippen LogP contribution in [-0.2, 0) is 17.8 Å². The van der Waals surface area contributed by atoms with Gasteiger partial charge in [-0.2, -0.15) is 5.10 Å². The van der Waals surface area contributed by atoms with Crippen LogP contribution in [0.25, 0.3) is 0 Å². The van der Waals surface area contributed by atoms with Crippen LogP contribution in [0.15, 0.2) is 0 Å². The molecule has 1 fully saturated rings. The lowest BCUT2D eigenvalue weighted by molar-refractivity contribution is 0.0933. The van der Waals surface area contributed by atoms with Crippen molar-refractivity contribution in [2.45, 2.75) is 52.8 Å². The monoisotopic (exact) mass is 237 g/mol. The molecule has 2 rings (SSSR count). The van der Waals surface area contributed by atoms with E-state index in [1.54, 1.807) is 0 Å². The standard InChI is InChI=1S/C13H23N3O/c1-4-14-8-13-10(2)15-16(11(13)3)9-12-6-5-7-17-12/h12,14H,4-9H2,1-3H3. The van der Waals surface area contributed by atoms with Crippen molar-refractivity contribution in [3.05, 3.63) is 17.0 Å². The highest BCUT2D eigenvalue weighted by atomic mass is 16.5. The van der Waals surface area contributed by atoms with Gasteiger partial charge in [-0.05, 0) is 33.2 Å². The molecule has 4 heteroatoms. The predicted molar refractivity (Wildman–Crippen MR) is 68.1 cm³/mol. The highest BCUT2D eigenvalue weighted by Gasteiger charge is 2.19. The SMILES string of the molecule is CCNCc1c(C)nn(CC2CCCO2)c1C. The van der Waals surface area contributed by atoms with E-state index in [1.165, 1.54) is 24.1 Å². The van der Waals surface area contributed by atoms with Gasteiger partial charge in [0.2, 0.25) is 0 Å². The number of nitrogens with one attached hydrogen (secondary N) is 1. The first-order chi connectivity index (χ1) is 8.22. The zero-order valence-electron chi connectivity index (χ0n) is 11.1. The molecule has 0 aromatic carbocycles. The lowest BCUT2D eigenvalue weighted by atomic mass is 10.2. The maximum absolute atomic E-state index is 5.67. The molecule has 0 aliphatic carbocycles. The van der Waals surface area contributed by atoms with Crippen molar-refractivity contribution in [3.63, 3.8) is 0 Å². The molecule has 0 spiro atoms. The number of rotatable bonds is 5.